The van der Waals surface area contributed by atoms with Crippen molar-refractivity contribution in [1.29, 1.82) is 0 Å². The lowest BCUT2D eigenvalue weighted by Gasteiger charge is -2.37. The van der Waals surface area contributed by atoms with Crippen LogP contribution >= 0.6 is 0 Å². The topological polar surface area (TPSA) is 42.0 Å². The predicted octanol–water partition coefficient (Wildman–Crippen LogP) is 2.67. The lowest BCUT2D eigenvalue weighted by molar-refractivity contribution is 0.0604. The highest BCUT2D eigenvalue weighted by atomic mass is 16.5. The van der Waals surface area contributed by atoms with E-state index in [9.17, 15) is 4.79 Å². The molecule has 140 valence electrons. The first-order valence-corrected chi connectivity index (χ1v) is 9.60. The van der Waals surface area contributed by atoms with Gasteiger partial charge in [0.05, 0.1) is 14.2 Å². The Balaban J connectivity index is 1.37. The molecule has 1 aliphatic heterocycles. The molecule has 1 amide bonds. The van der Waals surface area contributed by atoms with Crippen LogP contribution in [0.5, 0.6) is 11.5 Å². The Bertz CT molecular complexity index is 672. The van der Waals surface area contributed by atoms with Gasteiger partial charge in [0.25, 0.3) is 5.91 Å². The van der Waals surface area contributed by atoms with E-state index in [1.54, 1.807) is 14.2 Å². The molecule has 1 heterocycles. The number of benzene rings is 1. The van der Waals surface area contributed by atoms with Crippen LogP contribution in [0, 0.1) is 17.8 Å². The van der Waals surface area contributed by atoms with E-state index in [-0.39, 0.29) is 5.91 Å². The fourth-order valence-electron chi connectivity index (χ4n) is 4.79. The molecule has 5 nitrogen and oxygen atoms in total. The summed E-state index contributed by atoms with van der Waals surface area (Å²) in [5.74, 6) is 3.57. The highest BCUT2D eigenvalue weighted by Gasteiger charge is 2.37. The van der Waals surface area contributed by atoms with Crippen LogP contribution in [-0.4, -0.2) is 62.7 Å². The average molecular weight is 356 g/mol. The van der Waals surface area contributed by atoms with Crippen LogP contribution < -0.4 is 9.47 Å². The smallest absolute Gasteiger partial charge is 0.261 e. The quantitative estimate of drug-likeness (QED) is 0.761. The van der Waals surface area contributed by atoms with Gasteiger partial charge in [0.1, 0.15) is 17.1 Å². The van der Waals surface area contributed by atoms with E-state index < -0.39 is 0 Å². The lowest BCUT2D eigenvalue weighted by Crippen LogP contribution is -2.50. The molecule has 1 saturated carbocycles. The molecule has 0 unspecified atom stereocenters. The van der Waals surface area contributed by atoms with E-state index in [0.717, 1.165) is 43.9 Å². The number of methoxy groups -OCH3 is 2. The van der Waals surface area contributed by atoms with Gasteiger partial charge in [0, 0.05) is 32.7 Å². The van der Waals surface area contributed by atoms with E-state index in [4.69, 9.17) is 9.47 Å². The van der Waals surface area contributed by atoms with Gasteiger partial charge in [-0.25, -0.2) is 0 Å². The van der Waals surface area contributed by atoms with Gasteiger partial charge in [-0.2, -0.15) is 0 Å². The van der Waals surface area contributed by atoms with Crippen LogP contribution in [0.4, 0.5) is 0 Å². The van der Waals surface area contributed by atoms with E-state index in [1.165, 1.54) is 19.4 Å². The SMILES string of the molecule is COc1cccc(OC)c1C(=O)N1CCN(C[C@@H]2C[C@@H]3C=C[C@H]2C3)CC1. The van der Waals surface area contributed by atoms with Crippen LogP contribution in [0.2, 0.25) is 0 Å². The van der Waals surface area contributed by atoms with Crippen LogP contribution in [0.1, 0.15) is 23.2 Å². The second-order valence-electron chi connectivity index (χ2n) is 7.67. The predicted molar refractivity (Wildman–Crippen MR) is 101 cm³/mol. The average Bonchev–Trinajstić information content (AvgIpc) is 3.30. The van der Waals surface area contributed by atoms with Crippen molar-refractivity contribution in [3.8, 4) is 11.5 Å². The van der Waals surface area contributed by atoms with Crippen molar-refractivity contribution in [2.45, 2.75) is 12.8 Å². The zero-order valence-electron chi connectivity index (χ0n) is 15.7. The zero-order chi connectivity index (χ0) is 18.1. The van der Waals surface area contributed by atoms with Crippen LogP contribution in [0.25, 0.3) is 0 Å². The molecule has 5 heteroatoms. The molecule has 26 heavy (non-hydrogen) atoms. The van der Waals surface area contributed by atoms with Gasteiger partial charge in [-0.05, 0) is 42.7 Å². The Hall–Kier alpha value is -2.01. The summed E-state index contributed by atoms with van der Waals surface area (Å²) in [5.41, 5.74) is 0.532. The zero-order valence-corrected chi connectivity index (χ0v) is 15.7. The molecule has 3 aliphatic rings. The van der Waals surface area contributed by atoms with Crippen molar-refractivity contribution in [2.75, 3.05) is 46.9 Å². The number of carbonyl (C=O) groups is 1. The highest BCUT2D eigenvalue weighted by Crippen LogP contribution is 2.43. The number of fused-ring (bicyclic) bond motifs is 2. The number of carbonyl (C=O) groups excluding carboxylic acids is 1. The second-order valence-corrected chi connectivity index (χ2v) is 7.67. The molecule has 3 atom stereocenters. The normalized spacial score (nSPS) is 27.8. The molecule has 4 rings (SSSR count). The Kier molecular flexibility index (Phi) is 4.90. The largest absolute Gasteiger partial charge is 0.496 e. The number of hydrogen-bond acceptors (Lipinski definition) is 4. The Morgan fingerprint density at radius 3 is 2.27 bits per heavy atom. The Morgan fingerprint density at radius 2 is 1.73 bits per heavy atom. The summed E-state index contributed by atoms with van der Waals surface area (Å²) < 4.78 is 10.8. The van der Waals surface area contributed by atoms with Crippen LogP contribution in [0.3, 0.4) is 0 Å². The number of rotatable bonds is 5. The fraction of sp³-hybridized carbons (Fsp3) is 0.571. The molecule has 2 bridgehead atoms. The monoisotopic (exact) mass is 356 g/mol. The third kappa shape index (κ3) is 3.20. The molecular weight excluding hydrogens is 328 g/mol. The number of amides is 1. The first-order valence-electron chi connectivity index (χ1n) is 9.60. The lowest BCUT2D eigenvalue weighted by atomic mass is 9.93. The molecule has 1 aromatic carbocycles. The molecular formula is C21H28N2O3. The van der Waals surface area contributed by atoms with Gasteiger partial charge >= 0.3 is 0 Å². The van der Waals surface area contributed by atoms with E-state index in [0.29, 0.717) is 17.1 Å². The number of ether oxygens (including phenoxy) is 2. The van der Waals surface area contributed by atoms with Gasteiger partial charge in [-0.1, -0.05) is 18.2 Å². The maximum Gasteiger partial charge on any atom is 0.261 e. The van der Waals surface area contributed by atoms with E-state index >= 15 is 0 Å². The third-order valence-electron chi connectivity index (χ3n) is 6.21. The number of hydrogen-bond donors (Lipinski definition) is 0. The van der Waals surface area contributed by atoms with Crippen molar-refractivity contribution in [3.63, 3.8) is 0 Å². The summed E-state index contributed by atoms with van der Waals surface area (Å²) in [6, 6.07) is 5.47. The van der Waals surface area contributed by atoms with Gasteiger partial charge in [-0.15, -0.1) is 0 Å². The minimum absolute atomic E-state index is 0.00167. The maximum absolute atomic E-state index is 13.1. The van der Waals surface area contributed by atoms with Gasteiger partial charge in [0.15, 0.2) is 0 Å². The molecule has 0 radical (unpaired) electrons. The highest BCUT2D eigenvalue weighted by molar-refractivity contribution is 5.99. The molecule has 2 aliphatic carbocycles. The Morgan fingerprint density at radius 1 is 1.04 bits per heavy atom. The van der Waals surface area contributed by atoms with Gasteiger partial charge < -0.3 is 14.4 Å². The van der Waals surface area contributed by atoms with E-state index in [2.05, 4.69) is 17.1 Å². The molecule has 2 fully saturated rings. The van der Waals surface area contributed by atoms with E-state index in [1.807, 2.05) is 23.1 Å². The van der Waals surface area contributed by atoms with Crippen molar-refractivity contribution < 1.29 is 14.3 Å². The van der Waals surface area contributed by atoms with Crippen molar-refractivity contribution in [1.82, 2.24) is 9.80 Å². The van der Waals surface area contributed by atoms with Gasteiger partial charge in [-0.3, -0.25) is 9.69 Å². The molecule has 0 N–H and O–H groups in total. The van der Waals surface area contributed by atoms with Crippen molar-refractivity contribution in [3.05, 3.63) is 35.9 Å². The summed E-state index contributed by atoms with van der Waals surface area (Å²) in [6.07, 6.45) is 7.53. The maximum atomic E-state index is 13.1. The minimum atomic E-state index is 0.00167. The summed E-state index contributed by atoms with van der Waals surface area (Å²) in [6.45, 7) is 4.58. The molecule has 1 aromatic rings. The molecule has 0 aromatic heterocycles. The van der Waals surface area contributed by atoms with Crippen LogP contribution in [-0.2, 0) is 0 Å². The summed E-state index contributed by atoms with van der Waals surface area (Å²) in [4.78, 5) is 17.5. The number of nitrogens with zero attached hydrogens (tertiary/aromatic N) is 2. The first-order chi connectivity index (χ1) is 12.7. The second kappa shape index (κ2) is 7.31. The summed E-state index contributed by atoms with van der Waals surface area (Å²) >= 11 is 0. The summed E-state index contributed by atoms with van der Waals surface area (Å²) in [5, 5.41) is 0. The number of allylic oxidation sites excluding steroid dienone is 2. The van der Waals surface area contributed by atoms with Gasteiger partial charge in [0.2, 0.25) is 0 Å². The standard InChI is InChI=1S/C21H28N2O3/c1-25-18-4-3-5-19(26-2)20(18)21(24)23-10-8-22(9-11-23)14-17-13-15-6-7-16(17)12-15/h3-7,15-17H,8-14H2,1-2H3/t15-,16+,17+/m1/s1. The summed E-state index contributed by atoms with van der Waals surface area (Å²) in [7, 11) is 3.18. The van der Waals surface area contributed by atoms with Crippen molar-refractivity contribution in [2.24, 2.45) is 17.8 Å². The molecule has 0 spiro atoms. The van der Waals surface area contributed by atoms with Crippen LogP contribution in [0.15, 0.2) is 30.4 Å². The molecule has 1 saturated heterocycles. The first kappa shape index (κ1) is 17.4. The Labute approximate surface area is 155 Å². The van der Waals surface area contributed by atoms with Crippen molar-refractivity contribution >= 4 is 5.91 Å². The fourth-order valence-corrected chi connectivity index (χ4v) is 4.79. The number of piperazine rings is 1. The minimum Gasteiger partial charge on any atom is -0.496 e. The third-order valence-corrected chi connectivity index (χ3v) is 6.21.